The third-order valence-corrected chi connectivity index (χ3v) is 4.52. The number of ether oxygens (including phenoxy) is 2. The van der Waals surface area contributed by atoms with E-state index in [-0.39, 0.29) is 0 Å². The second kappa shape index (κ2) is 7.42. The molecule has 0 radical (unpaired) electrons. The highest BCUT2D eigenvalue weighted by atomic mass is 35.5. The van der Waals surface area contributed by atoms with Crippen molar-refractivity contribution in [3.8, 4) is 11.5 Å². The fourth-order valence-electron chi connectivity index (χ4n) is 2.78. The lowest BCUT2D eigenvalue weighted by molar-refractivity contribution is 0.354. The summed E-state index contributed by atoms with van der Waals surface area (Å²) in [4.78, 5) is 0. The van der Waals surface area contributed by atoms with Gasteiger partial charge in [-0.2, -0.15) is 0 Å². The third-order valence-electron chi connectivity index (χ3n) is 3.97. The lowest BCUT2D eigenvalue weighted by Crippen LogP contribution is -2.03. The Bertz CT molecular complexity index is 444. The van der Waals surface area contributed by atoms with Crippen LogP contribution in [0.3, 0.4) is 0 Å². The molecule has 0 bridgehead atoms. The van der Waals surface area contributed by atoms with Crippen molar-refractivity contribution >= 4 is 23.2 Å². The van der Waals surface area contributed by atoms with Crippen molar-refractivity contribution < 1.29 is 9.47 Å². The van der Waals surface area contributed by atoms with Gasteiger partial charge in [0.1, 0.15) is 0 Å². The van der Waals surface area contributed by atoms with E-state index < -0.39 is 0 Å². The zero-order valence-corrected chi connectivity index (χ0v) is 13.6. The summed E-state index contributed by atoms with van der Waals surface area (Å²) in [5, 5.41) is 0.629. The number of alkyl halides is 1. The van der Waals surface area contributed by atoms with Gasteiger partial charge in [-0.25, -0.2) is 0 Å². The van der Waals surface area contributed by atoms with Crippen molar-refractivity contribution in [1.82, 2.24) is 0 Å². The van der Waals surface area contributed by atoms with Crippen molar-refractivity contribution in [3.05, 3.63) is 22.7 Å². The summed E-state index contributed by atoms with van der Waals surface area (Å²) in [5.41, 5.74) is 1.27. The molecule has 20 heavy (non-hydrogen) atoms. The van der Waals surface area contributed by atoms with E-state index >= 15 is 0 Å². The van der Waals surface area contributed by atoms with Gasteiger partial charge < -0.3 is 9.47 Å². The van der Waals surface area contributed by atoms with Crippen LogP contribution >= 0.6 is 23.2 Å². The second-order valence-corrected chi connectivity index (χ2v) is 6.15. The van der Waals surface area contributed by atoms with Gasteiger partial charge in [-0.05, 0) is 55.2 Å². The molecule has 1 aromatic carbocycles. The van der Waals surface area contributed by atoms with Crippen LogP contribution in [-0.4, -0.2) is 20.1 Å². The quantitative estimate of drug-likeness (QED) is 0.481. The van der Waals surface area contributed by atoms with Crippen LogP contribution < -0.4 is 9.47 Å². The summed E-state index contributed by atoms with van der Waals surface area (Å²) in [7, 11) is 3.26. The first kappa shape index (κ1) is 15.8. The average molecular weight is 317 g/mol. The highest BCUT2D eigenvalue weighted by Crippen LogP contribution is 2.48. The fourth-order valence-corrected chi connectivity index (χ4v) is 3.27. The van der Waals surface area contributed by atoms with Crippen LogP contribution in [-0.2, 0) is 0 Å². The molecule has 2 rings (SSSR count). The standard InChI is InChI=1S/C16H22Cl2O2/c1-19-15-10-12(9-14(18)16(15)20-2)13(11-6-7-11)5-3-4-8-17/h9-11,13H,3-8H2,1-2H3. The maximum atomic E-state index is 6.32. The Morgan fingerprint density at radius 2 is 1.95 bits per heavy atom. The summed E-state index contributed by atoms with van der Waals surface area (Å²) >= 11 is 12.1. The van der Waals surface area contributed by atoms with Crippen molar-refractivity contribution in [2.24, 2.45) is 5.92 Å². The summed E-state index contributed by atoms with van der Waals surface area (Å²) in [5.74, 6) is 3.44. The Morgan fingerprint density at radius 1 is 1.20 bits per heavy atom. The van der Waals surface area contributed by atoms with Gasteiger partial charge in [0.05, 0.1) is 19.2 Å². The van der Waals surface area contributed by atoms with Gasteiger partial charge in [-0.1, -0.05) is 18.0 Å². The molecular formula is C16H22Cl2O2. The zero-order chi connectivity index (χ0) is 14.5. The summed E-state index contributed by atoms with van der Waals surface area (Å²) < 4.78 is 10.7. The van der Waals surface area contributed by atoms with Crippen LogP contribution in [0.25, 0.3) is 0 Å². The van der Waals surface area contributed by atoms with Crippen molar-refractivity contribution in [1.29, 1.82) is 0 Å². The minimum absolute atomic E-state index is 0.565. The van der Waals surface area contributed by atoms with E-state index in [2.05, 4.69) is 6.07 Å². The molecule has 1 fully saturated rings. The number of unbranched alkanes of at least 4 members (excludes halogenated alkanes) is 1. The number of benzene rings is 1. The van der Waals surface area contributed by atoms with Crippen molar-refractivity contribution in [3.63, 3.8) is 0 Å². The smallest absolute Gasteiger partial charge is 0.179 e. The molecule has 0 spiro atoms. The van der Waals surface area contributed by atoms with E-state index in [4.69, 9.17) is 32.7 Å². The van der Waals surface area contributed by atoms with E-state index in [0.717, 1.165) is 30.4 Å². The van der Waals surface area contributed by atoms with Gasteiger partial charge in [-0.3, -0.25) is 0 Å². The van der Waals surface area contributed by atoms with Crippen LogP contribution in [0.2, 0.25) is 5.02 Å². The van der Waals surface area contributed by atoms with Gasteiger partial charge in [0.15, 0.2) is 11.5 Å². The Hall–Kier alpha value is -0.600. The summed E-state index contributed by atoms with van der Waals surface area (Å²) in [6.45, 7) is 0. The monoisotopic (exact) mass is 316 g/mol. The minimum Gasteiger partial charge on any atom is -0.493 e. The molecule has 0 amide bonds. The first-order chi connectivity index (χ1) is 9.71. The predicted molar refractivity (Wildman–Crippen MR) is 84.6 cm³/mol. The Balaban J connectivity index is 2.21. The molecule has 1 aliphatic rings. The van der Waals surface area contributed by atoms with Crippen LogP contribution in [0.1, 0.15) is 43.6 Å². The second-order valence-electron chi connectivity index (χ2n) is 5.37. The Labute approximate surface area is 131 Å². The highest BCUT2D eigenvalue weighted by Gasteiger charge is 2.32. The first-order valence-corrected chi connectivity index (χ1v) is 8.09. The topological polar surface area (TPSA) is 18.5 Å². The van der Waals surface area contributed by atoms with Gasteiger partial charge in [0.25, 0.3) is 0 Å². The van der Waals surface area contributed by atoms with Crippen molar-refractivity contribution in [2.45, 2.75) is 38.0 Å². The predicted octanol–water partition coefficient (Wildman–Crippen LogP) is 5.26. The molecule has 1 atom stereocenters. The van der Waals surface area contributed by atoms with E-state index in [9.17, 15) is 0 Å². The molecule has 112 valence electrons. The van der Waals surface area contributed by atoms with Gasteiger partial charge >= 0.3 is 0 Å². The van der Waals surface area contributed by atoms with Crippen LogP contribution in [0.4, 0.5) is 0 Å². The number of hydrogen-bond donors (Lipinski definition) is 0. The Kier molecular flexibility index (Phi) is 5.86. The van der Waals surface area contributed by atoms with Gasteiger partial charge in [-0.15, -0.1) is 11.6 Å². The number of methoxy groups -OCH3 is 2. The highest BCUT2D eigenvalue weighted by molar-refractivity contribution is 6.32. The first-order valence-electron chi connectivity index (χ1n) is 7.18. The number of rotatable bonds is 8. The Morgan fingerprint density at radius 3 is 2.50 bits per heavy atom. The molecule has 2 nitrogen and oxygen atoms in total. The number of hydrogen-bond acceptors (Lipinski definition) is 2. The fraction of sp³-hybridized carbons (Fsp3) is 0.625. The minimum atomic E-state index is 0.565. The van der Waals surface area contributed by atoms with Crippen molar-refractivity contribution in [2.75, 3.05) is 20.1 Å². The summed E-state index contributed by atoms with van der Waals surface area (Å²) in [6.07, 6.45) is 6.04. The van der Waals surface area contributed by atoms with Gasteiger partial charge in [0, 0.05) is 5.88 Å². The van der Waals surface area contributed by atoms with E-state index in [1.807, 2.05) is 6.07 Å². The molecule has 0 heterocycles. The van der Waals surface area contributed by atoms with E-state index in [1.165, 1.54) is 24.8 Å². The molecule has 1 saturated carbocycles. The van der Waals surface area contributed by atoms with Crippen LogP contribution in [0.15, 0.2) is 12.1 Å². The van der Waals surface area contributed by atoms with E-state index in [0.29, 0.717) is 16.7 Å². The molecule has 1 unspecified atom stereocenters. The lowest BCUT2D eigenvalue weighted by atomic mass is 9.89. The molecular weight excluding hydrogens is 295 g/mol. The molecule has 0 aliphatic heterocycles. The maximum absolute atomic E-state index is 6.32. The lowest BCUT2D eigenvalue weighted by Gasteiger charge is -2.19. The largest absolute Gasteiger partial charge is 0.493 e. The third kappa shape index (κ3) is 3.73. The maximum Gasteiger partial charge on any atom is 0.179 e. The average Bonchev–Trinajstić information content (AvgIpc) is 3.27. The zero-order valence-electron chi connectivity index (χ0n) is 12.1. The normalized spacial score (nSPS) is 16.0. The van der Waals surface area contributed by atoms with E-state index in [1.54, 1.807) is 14.2 Å². The molecule has 0 saturated heterocycles. The van der Waals surface area contributed by atoms with Crippen LogP contribution in [0.5, 0.6) is 11.5 Å². The molecule has 1 aromatic rings. The van der Waals surface area contributed by atoms with Gasteiger partial charge in [0.2, 0.25) is 0 Å². The summed E-state index contributed by atoms with van der Waals surface area (Å²) in [6, 6.07) is 4.11. The molecule has 0 N–H and O–H groups in total. The van der Waals surface area contributed by atoms with Crippen LogP contribution in [0, 0.1) is 5.92 Å². The molecule has 4 heteroatoms. The molecule has 1 aliphatic carbocycles. The SMILES string of the molecule is COc1cc(C(CCCCCl)C2CC2)cc(Cl)c1OC. The molecule has 0 aromatic heterocycles. The number of halogens is 2.